The zero-order chi connectivity index (χ0) is 14.2. The van der Waals surface area contributed by atoms with Crippen molar-refractivity contribution >= 4 is 15.9 Å². The van der Waals surface area contributed by atoms with E-state index in [1.54, 1.807) is 18.2 Å². The molecule has 2 aromatic rings. The fourth-order valence-electron chi connectivity index (χ4n) is 1.73. The lowest BCUT2D eigenvalue weighted by Gasteiger charge is -2.17. The second-order valence-corrected chi connectivity index (χ2v) is 6.45. The average molecular weight is 323 g/mol. The molecule has 0 atom stereocenters. The van der Waals surface area contributed by atoms with Crippen molar-refractivity contribution in [2.75, 3.05) is 0 Å². The van der Waals surface area contributed by atoms with Gasteiger partial charge in [0, 0.05) is 11.0 Å². The third-order valence-corrected chi connectivity index (χ3v) is 3.17. The number of halogens is 2. The highest BCUT2D eigenvalue weighted by Crippen LogP contribution is 2.27. The molecule has 0 fully saturated rings. The molecule has 0 aliphatic rings. The summed E-state index contributed by atoms with van der Waals surface area (Å²) in [6.45, 7) is 8.03. The predicted octanol–water partition coefficient (Wildman–Crippen LogP) is 4.65. The minimum Gasteiger partial charge on any atom is -0.232 e. The summed E-state index contributed by atoms with van der Waals surface area (Å²) >= 11 is 3.37. The molecule has 0 unspecified atom stereocenters. The van der Waals surface area contributed by atoms with Crippen LogP contribution in [0.4, 0.5) is 4.39 Å². The van der Waals surface area contributed by atoms with E-state index in [2.05, 4.69) is 25.9 Å². The molecule has 0 saturated carbocycles. The number of rotatable bonds is 1. The molecule has 1 heterocycles. The van der Waals surface area contributed by atoms with Crippen LogP contribution in [-0.4, -0.2) is 9.97 Å². The van der Waals surface area contributed by atoms with Crippen LogP contribution in [-0.2, 0) is 5.41 Å². The first-order valence-corrected chi connectivity index (χ1v) is 6.88. The summed E-state index contributed by atoms with van der Waals surface area (Å²) in [5.74, 6) is 0.425. The van der Waals surface area contributed by atoms with Crippen LogP contribution in [0.5, 0.6) is 0 Å². The molecule has 2 nitrogen and oxygen atoms in total. The third-order valence-electron chi connectivity index (χ3n) is 2.76. The maximum Gasteiger partial charge on any atom is 0.135 e. The van der Waals surface area contributed by atoms with Crippen molar-refractivity contribution < 1.29 is 4.39 Å². The number of hydrogen-bond donors (Lipinski definition) is 0. The molecule has 0 aliphatic heterocycles. The Morgan fingerprint density at radius 2 is 1.79 bits per heavy atom. The van der Waals surface area contributed by atoms with Crippen LogP contribution in [0.2, 0.25) is 0 Å². The molecule has 1 aromatic heterocycles. The first-order chi connectivity index (χ1) is 8.77. The number of nitrogens with zero attached hydrogens (tertiary/aromatic N) is 2. The summed E-state index contributed by atoms with van der Waals surface area (Å²) in [6, 6.07) is 6.76. The predicted molar refractivity (Wildman–Crippen MR) is 78.6 cm³/mol. The van der Waals surface area contributed by atoms with Gasteiger partial charge in [0.15, 0.2) is 0 Å². The lowest BCUT2D eigenvalue weighted by Crippen LogP contribution is -2.16. The van der Waals surface area contributed by atoms with Crippen LogP contribution in [0.1, 0.15) is 32.2 Å². The Bertz CT molecular complexity index is 618. The Morgan fingerprint density at radius 3 is 2.42 bits per heavy atom. The Labute approximate surface area is 121 Å². The normalized spacial score (nSPS) is 11.7. The van der Waals surface area contributed by atoms with Gasteiger partial charge in [0.05, 0.1) is 5.69 Å². The van der Waals surface area contributed by atoms with E-state index < -0.39 is 0 Å². The highest BCUT2D eigenvalue weighted by atomic mass is 79.9. The number of aromatic nitrogens is 2. The number of benzene rings is 1. The quantitative estimate of drug-likeness (QED) is 0.714. The zero-order valence-corrected chi connectivity index (χ0v) is 13.0. The van der Waals surface area contributed by atoms with Crippen molar-refractivity contribution in [2.24, 2.45) is 0 Å². The topological polar surface area (TPSA) is 25.8 Å². The molecule has 1 aromatic carbocycles. The summed E-state index contributed by atoms with van der Waals surface area (Å²) in [6.07, 6.45) is 0. The highest BCUT2D eigenvalue weighted by molar-refractivity contribution is 9.10. The van der Waals surface area contributed by atoms with Crippen LogP contribution < -0.4 is 0 Å². The van der Waals surface area contributed by atoms with Gasteiger partial charge in [-0.1, -0.05) is 32.4 Å². The van der Waals surface area contributed by atoms with Crippen molar-refractivity contribution in [2.45, 2.75) is 33.1 Å². The minimum absolute atomic E-state index is 0.182. The van der Waals surface area contributed by atoms with Crippen molar-refractivity contribution in [3.8, 4) is 11.3 Å². The van der Waals surface area contributed by atoms with E-state index in [1.165, 1.54) is 6.07 Å². The molecule has 0 aliphatic carbocycles. The molecule has 0 bridgehead atoms. The third kappa shape index (κ3) is 3.18. The molecule has 0 amide bonds. The molecular formula is C15H16BrFN2. The van der Waals surface area contributed by atoms with E-state index >= 15 is 0 Å². The zero-order valence-electron chi connectivity index (χ0n) is 11.5. The van der Waals surface area contributed by atoms with Crippen molar-refractivity contribution in [1.29, 1.82) is 0 Å². The molecule has 100 valence electrons. The van der Waals surface area contributed by atoms with Gasteiger partial charge in [-0.15, -0.1) is 0 Å². The Morgan fingerprint density at radius 1 is 1.11 bits per heavy atom. The average Bonchev–Trinajstić information content (AvgIpc) is 2.30. The standard InChI is InChI=1S/C15H16BrFN2/c1-9-5-6-11(17)10(7-9)12-8-13(16)19-14(18-12)15(2,3)4/h5-8H,1-4H3. The van der Waals surface area contributed by atoms with E-state index in [4.69, 9.17) is 0 Å². The molecule has 0 radical (unpaired) electrons. The minimum atomic E-state index is -0.268. The van der Waals surface area contributed by atoms with Crippen LogP contribution in [0.3, 0.4) is 0 Å². The lowest BCUT2D eigenvalue weighted by atomic mass is 9.95. The van der Waals surface area contributed by atoms with Gasteiger partial charge < -0.3 is 0 Å². The summed E-state index contributed by atoms with van der Waals surface area (Å²) in [7, 11) is 0. The van der Waals surface area contributed by atoms with Crippen LogP contribution in [0, 0.1) is 12.7 Å². The van der Waals surface area contributed by atoms with E-state index in [0.29, 0.717) is 21.7 Å². The fraction of sp³-hybridized carbons (Fsp3) is 0.333. The first-order valence-electron chi connectivity index (χ1n) is 6.09. The fourth-order valence-corrected chi connectivity index (χ4v) is 2.11. The SMILES string of the molecule is Cc1ccc(F)c(-c2cc(Br)nc(C(C)(C)C)n2)c1. The summed E-state index contributed by atoms with van der Waals surface area (Å²) in [5.41, 5.74) is 1.93. The summed E-state index contributed by atoms with van der Waals surface area (Å²) < 4.78 is 14.6. The molecule has 2 rings (SSSR count). The van der Waals surface area contributed by atoms with E-state index in [1.807, 2.05) is 27.7 Å². The van der Waals surface area contributed by atoms with Crippen LogP contribution >= 0.6 is 15.9 Å². The highest BCUT2D eigenvalue weighted by Gasteiger charge is 2.20. The van der Waals surface area contributed by atoms with Gasteiger partial charge in [-0.3, -0.25) is 0 Å². The summed E-state index contributed by atoms with van der Waals surface area (Å²) in [5, 5.41) is 0. The van der Waals surface area contributed by atoms with Crippen molar-refractivity contribution in [3.63, 3.8) is 0 Å². The summed E-state index contributed by atoms with van der Waals surface area (Å²) in [4.78, 5) is 8.86. The Kier molecular flexibility index (Phi) is 3.72. The van der Waals surface area contributed by atoms with Gasteiger partial charge in [-0.25, -0.2) is 14.4 Å². The smallest absolute Gasteiger partial charge is 0.135 e. The number of hydrogen-bond acceptors (Lipinski definition) is 2. The molecule has 0 saturated heterocycles. The van der Waals surface area contributed by atoms with Gasteiger partial charge in [-0.05, 0) is 41.1 Å². The van der Waals surface area contributed by atoms with Gasteiger partial charge in [0.1, 0.15) is 16.2 Å². The monoisotopic (exact) mass is 322 g/mol. The Hall–Kier alpha value is -1.29. The lowest BCUT2D eigenvalue weighted by molar-refractivity contribution is 0.544. The van der Waals surface area contributed by atoms with Gasteiger partial charge in [-0.2, -0.15) is 0 Å². The van der Waals surface area contributed by atoms with E-state index in [9.17, 15) is 4.39 Å². The van der Waals surface area contributed by atoms with Crippen molar-refractivity contribution in [1.82, 2.24) is 9.97 Å². The maximum absolute atomic E-state index is 13.9. The van der Waals surface area contributed by atoms with Crippen LogP contribution in [0.25, 0.3) is 11.3 Å². The van der Waals surface area contributed by atoms with E-state index in [0.717, 1.165) is 5.56 Å². The largest absolute Gasteiger partial charge is 0.232 e. The molecular weight excluding hydrogens is 307 g/mol. The molecule has 4 heteroatoms. The van der Waals surface area contributed by atoms with Gasteiger partial charge in [0.25, 0.3) is 0 Å². The molecule has 0 N–H and O–H groups in total. The Balaban J connectivity index is 2.63. The van der Waals surface area contributed by atoms with Gasteiger partial charge >= 0.3 is 0 Å². The molecule has 0 spiro atoms. The second-order valence-electron chi connectivity index (χ2n) is 5.63. The second kappa shape index (κ2) is 5.00. The van der Waals surface area contributed by atoms with Crippen molar-refractivity contribution in [3.05, 3.63) is 46.1 Å². The number of aryl methyl sites for hydroxylation is 1. The maximum atomic E-state index is 13.9. The first kappa shape index (κ1) is 14.1. The molecule has 19 heavy (non-hydrogen) atoms. The van der Waals surface area contributed by atoms with Gasteiger partial charge in [0.2, 0.25) is 0 Å². The van der Waals surface area contributed by atoms with Crippen LogP contribution in [0.15, 0.2) is 28.9 Å². The van der Waals surface area contributed by atoms with E-state index in [-0.39, 0.29) is 11.2 Å².